The van der Waals surface area contributed by atoms with Crippen LogP contribution in [-0.2, 0) is 19.1 Å². The number of benzene rings is 1. The molecule has 1 saturated heterocycles. The van der Waals surface area contributed by atoms with Crippen LogP contribution in [0.4, 0.5) is 0 Å². The average molecular weight is 292 g/mol. The summed E-state index contributed by atoms with van der Waals surface area (Å²) in [5.41, 5.74) is 0.669. The van der Waals surface area contributed by atoms with Crippen molar-refractivity contribution in [2.75, 3.05) is 20.8 Å². The van der Waals surface area contributed by atoms with Gasteiger partial charge in [-0.05, 0) is 24.3 Å². The zero-order valence-corrected chi connectivity index (χ0v) is 11.8. The highest BCUT2D eigenvalue weighted by atomic mass is 16.6. The summed E-state index contributed by atoms with van der Waals surface area (Å²) in [6, 6.07) is 5.22. The van der Waals surface area contributed by atoms with Crippen molar-refractivity contribution in [2.45, 2.75) is 12.5 Å². The molecule has 0 aliphatic carbocycles. The number of carbonyl (C=O) groups excluding carboxylic acids is 2. The first-order valence-electron chi connectivity index (χ1n) is 6.41. The molecule has 1 heterocycles. The maximum Gasteiger partial charge on any atom is 0.347 e. The lowest BCUT2D eigenvalue weighted by molar-refractivity contribution is -0.156. The minimum Gasteiger partial charge on any atom is -0.497 e. The van der Waals surface area contributed by atoms with Crippen molar-refractivity contribution in [2.24, 2.45) is 0 Å². The smallest absolute Gasteiger partial charge is 0.347 e. The Labute approximate surface area is 122 Å². The van der Waals surface area contributed by atoms with E-state index < -0.39 is 18.0 Å². The highest BCUT2D eigenvalue weighted by molar-refractivity contribution is 5.90. The monoisotopic (exact) mass is 292 g/mol. The van der Waals surface area contributed by atoms with Crippen LogP contribution in [0.2, 0.25) is 0 Å². The standard InChI is InChI=1S/C15H16O6/c1-18-11-4-5-12(19-2)10(9-11)3-6-14(16)21-13-7-8-20-15(13)17/h3-6,9,13H,7-8H2,1-2H3/b6-3+/t13-/m1/s1. The minimum absolute atomic E-state index is 0.282. The van der Waals surface area contributed by atoms with Gasteiger partial charge < -0.3 is 18.9 Å². The van der Waals surface area contributed by atoms with Crippen LogP contribution < -0.4 is 9.47 Å². The first-order valence-corrected chi connectivity index (χ1v) is 6.41. The van der Waals surface area contributed by atoms with Crippen LogP contribution in [-0.4, -0.2) is 38.9 Å². The van der Waals surface area contributed by atoms with Crippen molar-refractivity contribution in [3.63, 3.8) is 0 Å². The first-order chi connectivity index (χ1) is 10.1. The molecule has 0 unspecified atom stereocenters. The Bertz CT molecular complexity index is 563. The quantitative estimate of drug-likeness (QED) is 0.606. The van der Waals surface area contributed by atoms with Gasteiger partial charge in [0.05, 0.1) is 20.8 Å². The first kappa shape index (κ1) is 14.9. The molecular formula is C15H16O6. The zero-order chi connectivity index (χ0) is 15.2. The largest absolute Gasteiger partial charge is 0.497 e. The summed E-state index contributed by atoms with van der Waals surface area (Å²) in [6.45, 7) is 0.282. The molecule has 0 bridgehead atoms. The van der Waals surface area contributed by atoms with E-state index in [1.54, 1.807) is 31.4 Å². The molecule has 1 aromatic rings. The molecule has 2 rings (SSSR count). The zero-order valence-electron chi connectivity index (χ0n) is 11.8. The van der Waals surface area contributed by atoms with E-state index in [0.29, 0.717) is 23.5 Å². The second kappa shape index (κ2) is 6.78. The van der Waals surface area contributed by atoms with Crippen LogP contribution in [0, 0.1) is 0 Å². The van der Waals surface area contributed by atoms with Gasteiger partial charge in [0.25, 0.3) is 0 Å². The molecular weight excluding hydrogens is 276 g/mol. The third-order valence-corrected chi connectivity index (χ3v) is 2.98. The highest BCUT2D eigenvalue weighted by Gasteiger charge is 2.29. The molecule has 1 aromatic carbocycles. The Balaban J connectivity index is 2.05. The van der Waals surface area contributed by atoms with Gasteiger partial charge in [-0.25, -0.2) is 9.59 Å². The van der Waals surface area contributed by atoms with Gasteiger partial charge in [-0.3, -0.25) is 0 Å². The molecule has 1 aliphatic rings. The number of esters is 2. The Morgan fingerprint density at radius 2 is 2.14 bits per heavy atom. The van der Waals surface area contributed by atoms with Crippen LogP contribution in [0.3, 0.4) is 0 Å². The lowest BCUT2D eigenvalue weighted by atomic mass is 10.1. The maximum atomic E-state index is 11.7. The van der Waals surface area contributed by atoms with Gasteiger partial charge in [-0.1, -0.05) is 0 Å². The summed E-state index contributed by atoms with van der Waals surface area (Å²) in [6.07, 6.45) is 2.36. The second-order valence-electron chi connectivity index (χ2n) is 4.32. The second-order valence-corrected chi connectivity index (χ2v) is 4.32. The highest BCUT2D eigenvalue weighted by Crippen LogP contribution is 2.25. The summed E-state index contributed by atoms with van der Waals surface area (Å²) in [5.74, 6) is 0.128. The van der Waals surface area contributed by atoms with Crippen molar-refractivity contribution in [3.8, 4) is 11.5 Å². The summed E-state index contributed by atoms with van der Waals surface area (Å²) < 4.78 is 20.0. The van der Waals surface area contributed by atoms with Gasteiger partial charge in [0.15, 0.2) is 0 Å². The van der Waals surface area contributed by atoms with Crippen LogP contribution in [0.15, 0.2) is 24.3 Å². The molecule has 1 fully saturated rings. The van der Waals surface area contributed by atoms with E-state index in [0.717, 1.165) is 0 Å². The molecule has 1 atom stereocenters. The fourth-order valence-electron chi connectivity index (χ4n) is 1.89. The average Bonchev–Trinajstić information content (AvgIpc) is 2.90. The molecule has 6 nitrogen and oxygen atoms in total. The number of hydrogen-bond donors (Lipinski definition) is 0. The molecule has 0 radical (unpaired) electrons. The van der Waals surface area contributed by atoms with E-state index in [4.69, 9.17) is 18.9 Å². The van der Waals surface area contributed by atoms with Crippen molar-refractivity contribution in [3.05, 3.63) is 29.8 Å². The molecule has 0 aromatic heterocycles. The molecule has 6 heteroatoms. The van der Waals surface area contributed by atoms with Crippen molar-refractivity contribution in [1.82, 2.24) is 0 Å². The molecule has 21 heavy (non-hydrogen) atoms. The van der Waals surface area contributed by atoms with E-state index in [-0.39, 0.29) is 6.61 Å². The Morgan fingerprint density at radius 3 is 2.76 bits per heavy atom. The SMILES string of the molecule is COc1ccc(OC)c(/C=C/C(=O)O[C@@H]2CCOC2=O)c1. The van der Waals surface area contributed by atoms with Gasteiger partial charge in [0.2, 0.25) is 6.10 Å². The van der Waals surface area contributed by atoms with Crippen LogP contribution in [0.25, 0.3) is 6.08 Å². The van der Waals surface area contributed by atoms with E-state index in [9.17, 15) is 9.59 Å². The van der Waals surface area contributed by atoms with E-state index >= 15 is 0 Å². The minimum atomic E-state index is -0.811. The molecule has 1 aliphatic heterocycles. The Morgan fingerprint density at radius 1 is 1.33 bits per heavy atom. The lowest BCUT2D eigenvalue weighted by Gasteiger charge is -2.08. The summed E-state index contributed by atoms with van der Waals surface area (Å²) >= 11 is 0. The molecule has 0 saturated carbocycles. The Hall–Kier alpha value is -2.50. The van der Waals surface area contributed by atoms with Crippen LogP contribution in [0.1, 0.15) is 12.0 Å². The van der Waals surface area contributed by atoms with Gasteiger partial charge in [-0.15, -0.1) is 0 Å². The predicted molar refractivity (Wildman–Crippen MR) is 74.0 cm³/mol. The lowest BCUT2D eigenvalue weighted by Crippen LogP contribution is -2.21. The molecule has 112 valence electrons. The van der Waals surface area contributed by atoms with E-state index in [2.05, 4.69) is 0 Å². The van der Waals surface area contributed by atoms with E-state index in [1.807, 2.05) is 0 Å². The van der Waals surface area contributed by atoms with E-state index in [1.165, 1.54) is 13.2 Å². The third kappa shape index (κ3) is 3.75. The fraction of sp³-hybridized carbons (Fsp3) is 0.333. The van der Waals surface area contributed by atoms with Crippen LogP contribution >= 0.6 is 0 Å². The maximum absolute atomic E-state index is 11.7. The number of ether oxygens (including phenoxy) is 4. The molecule has 0 N–H and O–H groups in total. The van der Waals surface area contributed by atoms with Crippen molar-refractivity contribution < 1.29 is 28.5 Å². The normalized spacial score (nSPS) is 17.6. The number of hydrogen-bond acceptors (Lipinski definition) is 6. The van der Waals surface area contributed by atoms with Crippen molar-refractivity contribution >= 4 is 18.0 Å². The number of rotatable bonds is 5. The third-order valence-electron chi connectivity index (χ3n) is 2.98. The summed E-state index contributed by atoms with van der Waals surface area (Å²) in [5, 5.41) is 0. The van der Waals surface area contributed by atoms with Gasteiger partial charge >= 0.3 is 11.9 Å². The van der Waals surface area contributed by atoms with Gasteiger partial charge in [-0.2, -0.15) is 0 Å². The van der Waals surface area contributed by atoms with Crippen LogP contribution in [0.5, 0.6) is 11.5 Å². The topological polar surface area (TPSA) is 71.1 Å². The van der Waals surface area contributed by atoms with Gasteiger partial charge in [0, 0.05) is 18.1 Å². The van der Waals surface area contributed by atoms with Crippen molar-refractivity contribution in [1.29, 1.82) is 0 Å². The Kier molecular flexibility index (Phi) is 4.81. The molecule has 0 spiro atoms. The predicted octanol–water partition coefficient (Wildman–Crippen LogP) is 1.58. The number of cyclic esters (lactones) is 1. The molecule has 0 amide bonds. The summed E-state index contributed by atoms with van der Waals surface area (Å²) in [4.78, 5) is 22.9. The number of carbonyl (C=O) groups is 2. The van der Waals surface area contributed by atoms with Gasteiger partial charge in [0.1, 0.15) is 11.5 Å². The number of methoxy groups -OCH3 is 2. The fourth-order valence-corrected chi connectivity index (χ4v) is 1.89. The summed E-state index contributed by atoms with van der Waals surface area (Å²) in [7, 11) is 3.08.